The van der Waals surface area contributed by atoms with Crippen molar-refractivity contribution in [3.63, 3.8) is 0 Å². The first kappa shape index (κ1) is 24.5. The van der Waals surface area contributed by atoms with Crippen molar-refractivity contribution < 1.29 is 14.4 Å². The number of nitrogens with zero attached hydrogens (tertiary/aromatic N) is 3. The van der Waals surface area contributed by atoms with Gasteiger partial charge in [0.05, 0.1) is 24.6 Å². The van der Waals surface area contributed by atoms with Crippen LogP contribution >= 0.6 is 7.14 Å². The number of aliphatic hydroxyl groups excluding tert-OH is 1. The van der Waals surface area contributed by atoms with Crippen molar-refractivity contribution >= 4 is 35.7 Å². The Balaban J connectivity index is 1.44. The van der Waals surface area contributed by atoms with Crippen molar-refractivity contribution in [1.82, 2.24) is 9.97 Å². The van der Waals surface area contributed by atoms with Crippen LogP contribution in [0.1, 0.15) is 35.5 Å². The van der Waals surface area contributed by atoms with Gasteiger partial charge in [-0.2, -0.15) is 0 Å². The third-order valence-corrected chi connectivity index (χ3v) is 8.40. The summed E-state index contributed by atoms with van der Waals surface area (Å²) in [6.45, 7) is 5.24. The number of para-hydroxylation sites is 1. The molecule has 0 atom stereocenters. The van der Waals surface area contributed by atoms with Gasteiger partial charge in [-0.05, 0) is 44.4 Å². The molecule has 0 saturated carbocycles. The van der Waals surface area contributed by atoms with Crippen LogP contribution in [-0.2, 0) is 17.4 Å². The van der Waals surface area contributed by atoms with E-state index in [9.17, 15) is 9.67 Å². The monoisotopic (exact) mass is 504 g/mol. The van der Waals surface area contributed by atoms with Crippen molar-refractivity contribution in [1.29, 1.82) is 0 Å². The van der Waals surface area contributed by atoms with E-state index < -0.39 is 7.14 Å². The third kappa shape index (κ3) is 5.18. The molecule has 8 heteroatoms. The molecule has 36 heavy (non-hydrogen) atoms. The second-order valence-corrected chi connectivity index (χ2v) is 13.0. The molecule has 2 heterocycles. The van der Waals surface area contributed by atoms with E-state index >= 15 is 0 Å². The number of rotatable bonds is 7. The summed E-state index contributed by atoms with van der Waals surface area (Å²) in [5.41, 5.74) is 4.89. The average Bonchev–Trinajstić information content (AvgIpc) is 3.34. The Morgan fingerprint density at radius 2 is 1.92 bits per heavy atom. The molecule has 1 aromatic heterocycles. The minimum atomic E-state index is -2.47. The van der Waals surface area contributed by atoms with Crippen LogP contribution in [-0.4, -0.2) is 54.7 Å². The topological polar surface area (TPSA) is 87.6 Å². The van der Waals surface area contributed by atoms with Gasteiger partial charge in [0.25, 0.3) is 0 Å². The zero-order chi connectivity index (χ0) is 25.3. The molecule has 2 aliphatic rings. The van der Waals surface area contributed by atoms with Gasteiger partial charge in [0.1, 0.15) is 24.5 Å². The molecule has 3 aromatic rings. The lowest BCUT2D eigenvalue weighted by molar-refractivity contribution is 0.145. The molecular weight excluding hydrogens is 471 g/mol. The van der Waals surface area contributed by atoms with E-state index in [1.165, 1.54) is 0 Å². The van der Waals surface area contributed by atoms with Gasteiger partial charge in [-0.15, -0.1) is 0 Å². The molecule has 0 amide bonds. The van der Waals surface area contributed by atoms with Gasteiger partial charge in [-0.1, -0.05) is 30.4 Å². The largest absolute Gasteiger partial charge is 0.496 e. The maximum absolute atomic E-state index is 12.9. The molecule has 0 unspecified atom stereocenters. The van der Waals surface area contributed by atoms with Crippen LogP contribution in [0.4, 0.5) is 17.2 Å². The van der Waals surface area contributed by atoms with Crippen molar-refractivity contribution in [2.75, 3.05) is 43.7 Å². The van der Waals surface area contributed by atoms with Gasteiger partial charge in [-0.3, -0.25) is 0 Å². The summed E-state index contributed by atoms with van der Waals surface area (Å²) >= 11 is 0. The quantitative estimate of drug-likeness (QED) is 0.455. The molecule has 0 spiro atoms. The molecule has 5 rings (SSSR count). The highest BCUT2D eigenvalue weighted by atomic mass is 31.2. The average molecular weight is 505 g/mol. The van der Waals surface area contributed by atoms with E-state index in [-0.39, 0.29) is 6.10 Å². The maximum Gasteiger partial charge on any atom is 0.141 e. The van der Waals surface area contributed by atoms with Gasteiger partial charge in [-0.25, -0.2) is 9.97 Å². The Morgan fingerprint density at radius 3 is 2.67 bits per heavy atom. The number of piperidine rings is 1. The third-order valence-electron chi connectivity index (χ3n) is 6.85. The lowest BCUT2D eigenvalue weighted by Crippen LogP contribution is -2.35. The van der Waals surface area contributed by atoms with Crippen LogP contribution in [0.15, 0.2) is 48.5 Å². The molecule has 1 aliphatic heterocycles. The Hall–Kier alpha value is -3.15. The number of hydrogen-bond acceptors (Lipinski definition) is 7. The number of allylic oxidation sites excluding steroid dienone is 1. The van der Waals surface area contributed by atoms with Crippen LogP contribution < -0.4 is 20.3 Å². The van der Waals surface area contributed by atoms with Gasteiger partial charge in [0.15, 0.2) is 0 Å². The highest BCUT2D eigenvalue weighted by Crippen LogP contribution is 2.39. The predicted octanol–water partition coefficient (Wildman–Crippen LogP) is 4.60. The molecular formula is C28H33N4O3P. The van der Waals surface area contributed by atoms with Crippen LogP contribution in [0.3, 0.4) is 0 Å². The number of anilines is 3. The maximum atomic E-state index is 12.9. The molecule has 1 aliphatic carbocycles. The molecule has 1 saturated heterocycles. The van der Waals surface area contributed by atoms with Gasteiger partial charge < -0.3 is 24.6 Å². The molecule has 2 aromatic carbocycles. The van der Waals surface area contributed by atoms with E-state index in [1.54, 1.807) is 20.4 Å². The number of ether oxygens (including phenoxy) is 1. The standard InChI is InChI=1S/C28H33N4O3P/c1-35-25-18-20(32-15-13-21(33)14-16-32)12-11-19(25)17-27-29-23-9-6-7-22(23)28(31-27)30-24-8-4-5-10-26(24)36(2,3)34/h4-8,10-12,18,21,33H,9,13-17H2,1-3H3,(H,29,30,31). The fourth-order valence-corrected chi connectivity index (χ4v) is 6.06. The van der Waals surface area contributed by atoms with Crippen molar-refractivity contribution in [3.05, 3.63) is 71.2 Å². The summed E-state index contributed by atoms with van der Waals surface area (Å²) in [7, 11) is -0.780. The molecule has 1 fully saturated rings. The molecule has 0 bridgehead atoms. The number of nitrogens with one attached hydrogen (secondary N) is 1. The van der Waals surface area contributed by atoms with Crippen molar-refractivity contribution in [3.8, 4) is 5.75 Å². The Labute approximate surface area is 212 Å². The van der Waals surface area contributed by atoms with Gasteiger partial charge in [0, 0.05) is 54.1 Å². The molecule has 188 valence electrons. The summed E-state index contributed by atoms with van der Waals surface area (Å²) in [4.78, 5) is 12.0. The van der Waals surface area contributed by atoms with Crippen LogP contribution in [0, 0.1) is 0 Å². The van der Waals surface area contributed by atoms with E-state index in [0.29, 0.717) is 12.2 Å². The summed E-state index contributed by atoms with van der Waals surface area (Å²) in [5.74, 6) is 2.24. The van der Waals surface area contributed by atoms with E-state index in [1.807, 2.05) is 30.3 Å². The summed E-state index contributed by atoms with van der Waals surface area (Å²) in [6, 6.07) is 14.0. The highest BCUT2D eigenvalue weighted by molar-refractivity contribution is 7.70. The first-order chi connectivity index (χ1) is 17.3. The van der Waals surface area contributed by atoms with Crippen LogP contribution in [0.25, 0.3) is 6.08 Å². The summed E-state index contributed by atoms with van der Waals surface area (Å²) < 4.78 is 18.6. The smallest absolute Gasteiger partial charge is 0.141 e. The Kier molecular flexibility index (Phi) is 6.87. The molecule has 0 radical (unpaired) electrons. The first-order valence-corrected chi connectivity index (χ1v) is 15.0. The zero-order valence-electron chi connectivity index (χ0n) is 21.1. The zero-order valence-corrected chi connectivity index (χ0v) is 22.0. The Morgan fingerprint density at radius 1 is 1.14 bits per heavy atom. The molecule has 7 nitrogen and oxygen atoms in total. The van der Waals surface area contributed by atoms with Gasteiger partial charge >= 0.3 is 0 Å². The van der Waals surface area contributed by atoms with Crippen molar-refractivity contribution in [2.24, 2.45) is 0 Å². The van der Waals surface area contributed by atoms with Gasteiger partial charge in [0.2, 0.25) is 0 Å². The lowest BCUT2D eigenvalue weighted by atomic mass is 10.0. The minimum absolute atomic E-state index is 0.203. The SMILES string of the molecule is COc1cc(N2CCC(O)CC2)ccc1Cc1nc2c(c(Nc3ccccc3P(C)(C)=O)n1)C=CC2. The second-order valence-electron chi connectivity index (χ2n) is 9.84. The van der Waals surface area contributed by atoms with Crippen LogP contribution in [0.2, 0.25) is 0 Å². The van der Waals surface area contributed by atoms with Crippen molar-refractivity contribution in [2.45, 2.75) is 31.8 Å². The number of aromatic nitrogens is 2. The van der Waals surface area contributed by atoms with E-state index in [0.717, 1.165) is 77.4 Å². The number of benzene rings is 2. The predicted molar refractivity (Wildman–Crippen MR) is 147 cm³/mol. The highest BCUT2D eigenvalue weighted by Gasteiger charge is 2.22. The number of hydrogen-bond donors (Lipinski definition) is 2. The fourth-order valence-electron chi connectivity index (χ4n) is 4.91. The number of methoxy groups -OCH3 is 1. The normalized spacial score (nSPS) is 15.7. The Bertz CT molecular complexity index is 1340. The summed E-state index contributed by atoms with van der Waals surface area (Å²) in [6.07, 6.45) is 6.80. The minimum Gasteiger partial charge on any atom is -0.496 e. The summed E-state index contributed by atoms with van der Waals surface area (Å²) in [5, 5.41) is 14.1. The van der Waals surface area contributed by atoms with E-state index in [4.69, 9.17) is 14.7 Å². The number of aliphatic hydroxyl groups is 1. The van der Waals surface area contributed by atoms with E-state index in [2.05, 4.69) is 34.5 Å². The molecule has 2 N–H and O–H groups in total. The number of fused-ring (bicyclic) bond motifs is 1. The fraction of sp³-hybridized carbons (Fsp3) is 0.357. The lowest BCUT2D eigenvalue weighted by Gasteiger charge is -2.31. The first-order valence-electron chi connectivity index (χ1n) is 12.4. The van der Waals surface area contributed by atoms with Crippen LogP contribution in [0.5, 0.6) is 5.75 Å². The second kappa shape index (κ2) is 10.1.